The molecule has 1 aromatic carbocycles. The van der Waals surface area contributed by atoms with Crippen molar-refractivity contribution in [2.24, 2.45) is 5.73 Å². The Balaban J connectivity index is 1.42. The number of nitrogens with zero attached hydrogens (tertiary/aromatic N) is 4. The van der Waals surface area contributed by atoms with E-state index in [1.807, 2.05) is 11.8 Å². The Morgan fingerprint density at radius 3 is 2.90 bits per heavy atom. The molecule has 0 bridgehead atoms. The summed E-state index contributed by atoms with van der Waals surface area (Å²) >= 11 is 7.60. The lowest BCUT2D eigenvalue weighted by molar-refractivity contribution is -0.133. The number of thioether (sulfide) groups is 1. The first kappa shape index (κ1) is 21.3. The molecule has 3 heterocycles. The Labute approximate surface area is 185 Å². The van der Waals surface area contributed by atoms with Crippen LogP contribution >= 0.6 is 23.4 Å². The number of halogens is 2. The molecule has 2 aliphatic heterocycles. The van der Waals surface area contributed by atoms with Crippen molar-refractivity contribution in [1.82, 2.24) is 14.9 Å². The molecule has 6 nitrogen and oxygen atoms in total. The molecule has 30 heavy (non-hydrogen) atoms. The smallest absolute Gasteiger partial charge is 0.239 e. The molecule has 2 aliphatic rings. The monoisotopic (exact) mass is 449 g/mol. The molecule has 1 saturated heterocycles. The van der Waals surface area contributed by atoms with E-state index in [2.05, 4.69) is 28.7 Å². The zero-order chi connectivity index (χ0) is 21.4. The number of amides is 1. The van der Waals surface area contributed by atoms with Crippen molar-refractivity contribution in [3.8, 4) is 0 Å². The highest BCUT2D eigenvalue weighted by atomic mass is 35.5. The third-order valence-corrected chi connectivity index (χ3v) is 7.27. The molecule has 160 valence electrons. The predicted octanol–water partition coefficient (Wildman–Crippen LogP) is 3.18. The first-order chi connectivity index (χ1) is 14.3. The van der Waals surface area contributed by atoms with Crippen LogP contribution in [0.2, 0.25) is 5.02 Å². The van der Waals surface area contributed by atoms with Crippen molar-refractivity contribution in [2.75, 3.05) is 24.5 Å². The maximum absolute atomic E-state index is 13.7. The molecule has 3 atom stereocenters. The van der Waals surface area contributed by atoms with Gasteiger partial charge in [0.2, 0.25) is 5.91 Å². The van der Waals surface area contributed by atoms with Gasteiger partial charge in [0.05, 0.1) is 16.8 Å². The van der Waals surface area contributed by atoms with E-state index in [0.717, 1.165) is 17.3 Å². The summed E-state index contributed by atoms with van der Waals surface area (Å²) in [6.07, 6.45) is 1.91. The van der Waals surface area contributed by atoms with Crippen LogP contribution in [0.25, 0.3) is 0 Å². The standard InChI is InChI=1S/C21H25ClFN5OS/c1-12-9-27(21(29)17(24)8-14-3-4-15(22)16(23)7-14)5-6-28(12)20-19-13(2)30-10-18(19)25-11-26-20/h3-4,7,11-13,17H,5-6,8-10,24H2,1-2H3/t12-,13-,17+/m0/s1. The van der Waals surface area contributed by atoms with Crippen LogP contribution in [0.3, 0.4) is 0 Å². The van der Waals surface area contributed by atoms with E-state index in [1.165, 1.54) is 17.7 Å². The van der Waals surface area contributed by atoms with Gasteiger partial charge >= 0.3 is 0 Å². The first-order valence-electron chi connectivity index (χ1n) is 10.1. The molecule has 4 rings (SSSR count). The van der Waals surface area contributed by atoms with Crippen LogP contribution in [0.15, 0.2) is 24.5 Å². The van der Waals surface area contributed by atoms with Gasteiger partial charge in [-0.3, -0.25) is 4.79 Å². The normalized spacial score (nSPS) is 22.2. The van der Waals surface area contributed by atoms with Gasteiger partial charge in [-0.15, -0.1) is 11.8 Å². The van der Waals surface area contributed by atoms with Crippen LogP contribution in [0.1, 0.15) is 35.9 Å². The van der Waals surface area contributed by atoms with Gasteiger partial charge in [0, 0.05) is 42.2 Å². The van der Waals surface area contributed by atoms with E-state index >= 15 is 0 Å². The Morgan fingerprint density at radius 1 is 1.37 bits per heavy atom. The van der Waals surface area contributed by atoms with Crippen LogP contribution in [-0.4, -0.2) is 52.5 Å². The van der Waals surface area contributed by atoms with Crippen LogP contribution in [0.5, 0.6) is 0 Å². The van der Waals surface area contributed by atoms with Crippen LogP contribution in [-0.2, 0) is 17.0 Å². The summed E-state index contributed by atoms with van der Waals surface area (Å²) in [6, 6.07) is 3.92. The fourth-order valence-electron chi connectivity index (χ4n) is 4.18. The second-order valence-electron chi connectivity index (χ2n) is 7.90. The van der Waals surface area contributed by atoms with Gasteiger partial charge in [-0.1, -0.05) is 17.7 Å². The average molecular weight is 450 g/mol. The number of nitrogens with two attached hydrogens (primary N) is 1. The van der Waals surface area contributed by atoms with Crippen molar-refractivity contribution in [3.05, 3.63) is 52.2 Å². The van der Waals surface area contributed by atoms with Gasteiger partial charge < -0.3 is 15.5 Å². The summed E-state index contributed by atoms with van der Waals surface area (Å²) in [5.41, 5.74) is 9.16. The van der Waals surface area contributed by atoms with E-state index in [1.54, 1.807) is 17.3 Å². The molecule has 2 aromatic rings. The molecule has 2 N–H and O–H groups in total. The summed E-state index contributed by atoms with van der Waals surface area (Å²) < 4.78 is 13.7. The quantitative estimate of drug-likeness (QED) is 0.772. The summed E-state index contributed by atoms with van der Waals surface area (Å²) in [6.45, 7) is 6.12. The highest BCUT2D eigenvalue weighted by Gasteiger charge is 2.34. The van der Waals surface area contributed by atoms with Gasteiger partial charge in [-0.05, 0) is 38.0 Å². The Morgan fingerprint density at radius 2 is 2.17 bits per heavy atom. The van der Waals surface area contributed by atoms with Gasteiger partial charge in [-0.2, -0.15) is 0 Å². The van der Waals surface area contributed by atoms with Crippen LogP contribution < -0.4 is 10.6 Å². The fraction of sp³-hybridized carbons (Fsp3) is 0.476. The van der Waals surface area contributed by atoms with E-state index in [4.69, 9.17) is 17.3 Å². The van der Waals surface area contributed by atoms with E-state index < -0.39 is 11.9 Å². The van der Waals surface area contributed by atoms with Crippen LogP contribution in [0.4, 0.5) is 10.2 Å². The van der Waals surface area contributed by atoms with E-state index in [0.29, 0.717) is 30.4 Å². The lowest BCUT2D eigenvalue weighted by atomic mass is 10.0. The summed E-state index contributed by atoms with van der Waals surface area (Å²) in [7, 11) is 0. The number of fused-ring (bicyclic) bond motifs is 1. The van der Waals surface area contributed by atoms with Crippen molar-refractivity contribution in [2.45, 2.75) is 43.4 Å². The number of aromatic nitrogens is 2. The van der Waals surface area contributed by atoms with Crippen LogP contribution in [0, 0.1) is 5.82 Å². The maximum Gasteiger partial charge on any atom is 0.239 e. The largest absolute Gasteiger partial charge is 0.350 e. The second kappa shape index (κ2) is 8.69. The zero-order valence-corrected chi connectivity index (χ0v) is 18.6. The molecule has 0 aliphatic carbocycles. The number of hydrogen-bond acceptors (Lipinski definition) is 6. The van der Waals surface area contributed by atoms with Gasteiger partial charge in [0.25, 0.3) is 0 Å². The minimum atomic E-state index is -0.718. The minimum Gasteiger partial charge on any atom is -0.350 e. The van der Waals surface area contributed by atoms with Crippen molar-refractivity contribution in [3.63, 3.8) is 0 Å². The van der Waals surface area contributed by atoms with E-state index in [9.17, 15) is 9.18 Å². The number of anilines is 1. The lowest BCUT2D eigenvalue weighted by Gasteiger charge is -2.42. The predicted molar refractivity (Wildman–Crippen MR) is 118 cm³/mol. The number of piperazine rings is 1. The maximum atomic E-state index is 13.7. The molecular weight excluding hydrogens is 425 g/mol. The van der Waals surface area contributed by atoms with Gasteiger partial charge in [0.15, 0.2) is 0 Å². The molecular formula is C21H25ClFN5OS. The Bertz CT molecular complexity index is 961. The molecule has 9 heteroatoms. The third kappa shape index (κ3) is 4.13. The Kier molecular flexibility index (Phi) is 6.18. The van der Waals surface area contributed by atoms with Crippen molar-refractivity contribution < 1.29 is 9.18 Å². The molecule has 1 fully saturated rings. The number of carbonyl (C=O) groups is 1. The number of rotatable bonds is 4. The average Bonchev–Trinajstić information content (AvgIpc) is 3.11. The van der Waals surface area contributed by atoms with E-state index in [-0.39, 0.29) is 23.4 Å². The van der Waals surface area contributed by atoms with Crippen molar-refractivity contribution >= 4 is 35.1 Å². The number of carbonyl (C=O) groups excluding carboxylic acids is 1. The highest BCUT2D eigenvalue weighted by molar-refractivity contribution is 7.99. The molecule has 0 saturated carbocycles. The number of benzene rings is 1. The topological polar surface area (TPSA) is 75.4 Å². The fourth-order valence-corrected chi connectivity index (χ4v) is 5.35. The minimum absolute atomic E-state index is 0.0625. The summed E-state index contributed by atoms with van der Waals surface area (Å²) in [5, 5.41) is 0.434. The Hall–Kier alpha value is -1.90. The molecule has 1 aromatic heterocycles. The third-order valence-electron chi connectivity index (χ3n) is 5.79. The number of hydrogen-bond donors (Lipinski definition) is 1. The van der Waals surface area contributed by atoms with Crippen molar-refractivity contribution in [1.29, 1.82) is 0 Å². The molecule has 0 spiro atoms. The summed E-state index contributed by atoms with van der Waals surface area (Å²) in [5.74, 6) is 1.28. The SMILES string of the molecule is C[C@@H]1SCc2ncnc(N3CCN(C(=O)[C@H](N)Cc4ccc(Cl)c(F)c4)C[C@@H]3C)c21. The molecule has 0 unspecified atom stereocenters. The highest BCUT2D eigenvalue weighted by Crippen LogP contribution is 2.44. The van der Waals surface area contributed by atoms with Gasteiger partial charge in [-0.25, -0.2) is 14.4 Å². The van der Waals surface area contributed by atoms with Gasteiger partial charge in [0.1, 0.15) is 18.0 Å². The first-order valence-corrected chi connectivity index (χ1v) is 11.5. The zero-order valence-electron chi connectivity index (χ0n) is 17.0. The second-order valence-corrected chi connectivity index (χ2v) is 9.63. The molecule has 1 amide bonds. The summed E-state index contributed by atoms with van der Waals surface area (Å²) in [4.78, 5) is 26.0. The lowest BCUT2D eigenvalue weighted by Crippen LogP contribution is -2.57. The molecule has 0 radical (unpaired) electrons.